The maximum atomic E-state index is 8.92. The van der Waals surface area contributed by atoms with Crippen molar-refractivity contribution in [2.75, 3.05) is 19.7 Å². The molecule has 0 saturated heterocycles. The molecule has 0 heterocycles. The van der Waals surface area contributed by atoms with Crippen molar-refractivity contribution in [1.82, 2.24) is 4.90 Å². The molecule has 0 aromatic carbocycles. The Labute approximate surface area is 86.6 Å². The number of aliphatic hydroxyl groups excluding tert-OH is 1. The monoisotopic (exact) mass is 201 g/mol. The second-order valence-corrected chi connectivity index (χ2v) is 3.55. The Kier molecular flexibility index (Phi) is 7.42. The lowest BCUT2D eigenvalue weighted by molar-refractivity contribution is 0.149. The number of nitrogens with one attached hydrogen (secondary N) is 1. The van der Waals surface area contributed by atoms with Crippen molar-refractivity contribution in [3.05, 3.63) is 0 Å². The molecular weight excluding hydrogens is 178 g/mol. The van der Waals surface area contributed by atoms with Crippen LogP contribution in [0.2, 0.25) is 0 Å². The standard InChI is InChI=1S/C10H23N3O/c1-3-5-13(6-7-14)9(4-2)8-10(11)12/h9,14H,3-8H2,1-2H3,(H3,11,12). The third-order valence-electron chi connectivity index (χ3n) is 2.34. The van der Waals surface area contributed by atoms with Gasteiger partial charge in [-0.25, -0.2) is 0 Å². The molecule has 84 valence electrons. The molecule has 4 N–H and O–H groups in total. The van der Waals surface area contributed by atoms with Crippen LogP contribution in [0.5, 0.6) is 0 Å². The van der Waals surface area contributed by atoms with Gasteiger partial charge < -0.3 is 10.8 Å². The summed E-state index contributed by atoms with van der Waals surface area (Å²) in [5.74, 6) is 0.232. The summed E-state index contributed by atoms with van der Waals surface area (Å²) in [4.78, 5) is 2.21. The molecule has 0 fully saturated rings. The number of hydrogen-bond acceptors (Lipinski definition) is 3. The fraction of sp³-hybridized carbons (Fsp3) is 0.900. The van der Waals surface area contributed by atoms with E-state index in [1.165, 1.54) is 0 Å². The zero-order valence-electron chi connectivity index (χ0n) is 9.29. The summed E-state index contributed by atoms with van der Waals surface area (Å²) in [6.45, 7) is 6.03. The van der Waals surface area contributed by atoms with Crippen LogP contribution in [0.3, 0.4) is 0 Å². The molecule has 0 spiro atoms. The van der Waals surface area contributed by atoms with Crippen molar-refractivity contribution in [3.8, 4) is 0 Å². The van der Waals surface area contributed by atoms with E-state index >= 15 is 0 Å². The first kappa shape index (κ1) is 13.4. The first-order valence-electron chi connectivity index (χ1n) is 5.33. The minimum atomic E-state index is 0.175. The largest absolute Gasteiger partial charge is 0.395 e. The molecule has 1 atom stereocenters. The van der Waals surface area contributed by atoms with Crippen LogP contribution in [0.1, 0.15) is 33.1 Å². The summed E-state index contributed by atoms with van der Waals surface area (Å²) in [5, 5.41) is 16.2. The predicted molar refractivity (Wildman–Crippen MR) is 59.6 cm³/mol. The molecule has 0 radical (unpaired) electrons. The Balaban J connectivity index is 4.16. The van der Waals surface area contributed by atoms with Crippen LogP contribution in [0.25, 0.3) is 0 Å². The van der Waals surface area contributed by atoms with Crippen molar-refractivity contribution < 1.29 is 5.11 Å². The van der Waals surface area contributed by atoms with Crippen LogP contribution in [-0.4, -0.2) is 41.6 Å². The molecule has 1 unspecified atom stereocenters. The fourth-order valence-corrected chi connectivity index (χ4v) is 1.68. The molecule has 0 aromatic rings. The Morgan fingerprint density at radius 1 is 1.43 bits per heavy atom. The minimum absolute atomic E-state index is 0.175. The number of rotatable bonds is 8. The quantitative estimate of drug-likeness (QED) is 0.401. The minimum Gasteiger partial charge on any atom is -0.395 e. The molecule has 0 aliphatic carbocycles. The average molecular weight is 201 g/mol. The highest BCUT2D eigenvalue weighted by Crippen LogP contribution is 2.08. The van der Waals surface area contributed by atoms with Gasteiger partial charge >= 0.3 is 0 Å². The van der Waals surface area contributed by atoms with E-state index in [1.807, 2.05) is 0 Å². The van der Waals surface area contributed by atoms with Gasteiger partial charge in [0.25, 0.3) is 0 Å². The van der Waals surface area contributed by atoms with Gasteiger partial charge in [-0.05, 0) is 19.4 Å². The molecule has 0 aliphatic heterocycles. The zero-order valence-corrected chi connectivity index (χ0v) is 9.29. The van der Waals surface area contributed by atoms with Crippen LogP contribution >= 0.6 is 0 Å². The molecule has 4 nitrogen and oxygen atoms in total. The van der Waals surface area contributed by atoms with Gasteiger partial charge in [0.1, 0.15) is 0 Å². The highest BCUT2D eigenvalue weighted by atomic mass is 16.3. The number of nitrogens with two attached hydrogens (primary N) is 1. The van der Waals surface area contributed by atoms with Crippen LogP contribution in [0.4, 0.5) is 0 Å². The maximum absolute atomic E-state index is 8.92. The molecular formula is C10H23N3O. The maximum Gasteiger partial charge on any atom is 0.0921 e. The predicted octanol–water partition coefficient (Wildman–Crippen LogP) is 0.795. The van der Waals surface area contributed by atoms with Crippen molar-refractivity contribution in [1.29, 1.82) is 5.41 Å². The van der Waals surface area contributed by atoms with Crippen molar-refractivity contribution in [3.63, 3.8) is 0 Å². The lowest BCUT2D eigenvalue weighted by atomic mass is 10.1. The van der Waals surface area contributed by atoms with Crippen LogP contribution in [-0.2, 0) is 0 Å². The Bertz CT molecular complexity index is 155. The topological polar surface area (TPSA) is 73.3 Å². The van der Waals surface area contributed by atoms with E-state index in [1.54, 1.807) is 0 Å². The van der Waals surface area contributed by atoms with E-state index in [4.69, 9.17) is 16.2 Å². The van der Waals surface area contributed by atoms with E-state index in [2.05, 4.69) is 18.7 Å². The number of hydrogen-bond donors (Lipinski definition) is 3. The van der Waals surface area contributed by atoms with Crippen LogP contribution < -0.4 is 5.73 Å². The molecule has 0 saturated carbocycles. The van der Waals surface area contributed by atoms with Gasteiger partial charge in [-0.3, -0.25) is 10.3 Å². The normalized spacial score (nSPS) is 13.1. The van der Waals surface area contributed by atoms with Gasteiger partial charge in [0, 0.05) is 19.0 Å². The third-order valence-corrected chi connectivity index (χ3v) is 2.34. The van der Waals surface area contributed by atoms with Gasteiger partial charge in [-0.1, -0.05) is 13.8 Å². The number of aliphatic hydroxyl groups is 1. The highest BCUT2D eigenvalue weighted by Gasteiger charge is 2.16. The Morgan fingerprint density at radius 3 is 2.43 bits per heavy atom. The summed E-state index contributed by atoms with van der Waals surface area (Å²) in [5.41, 5.74) is 5.39. The second-order valence-electron chi connectivity index (χ2n) is 3.55. The first-order valence-corrected chi connectivity index (χ1v) is 5.33. The van der Waals surface area contributed by atoms with E-state index in [9.17, 15) is 0 Å². The Hall–Kier alpha value is -0.610. The summed E-state index contributed by atoms with van der Waals surface area (Å²) in [6.07, 6.45) is 2.64. The number of amidine groups is 1. The molecule has 0 aliphatic rings. The van der Waals surface area contributed by atoms with E-state index in [0.29, 0.717) is 19.0 Å². The van der Waals surface area contributed by atoms with Gasteiger partial charge in [-0.2, -0.15) is 0 Å². The van der Waals surface area contributed by atoms with E-state index < -0.39 is 0 Å². The smallest absolute Gasteiger partial charge is 0.0921 e. The fourth-order valence-electron chi connectivity index (χ4n) is 1.68. The lowest BCUT2D eigenvalue weighted by Crippen LogP contribution is -2.40. The summed E-state index contributed by atoms with van der Waals surface area (Å²) >= 11 is 0. The lowest BCUT2D eigenvalue weighted by Gasteiger charge is -2.29. The average Bonchev–Trinajstić information content (AvgIpc) is 2.13. The summed E-state index contributed by atoms with van der Waals surface area (Å²) < 4.78 is 0. The van der Waals surface area contributed by atoms with Gasteiger partial charge in [0.05, 0.1) is 12.4 Å². The van der Waals surface area contributed by atoms with E-state index in [0.717, 1.165) is 19.4 Å². The van der Waals surface area contributed by atoms with Gasteiger partial charge in [-0.15, -0.1) is 0 Å². The molecule has 0 rings (SSSR count). The van der Waals surface area contributed by atoms with Crippen molar-refractivity contribution in [2.24, 2.45) is 5.73 Å². The van der Waals surface area contributed by atoms with Gasteiger partial charge in [0.15, 0.2) is 0 Å². The van der Waals surface area contributed by atoms with Gasteiger partial charge in [0.2, 0.25) is 0 Å². The first-order chi connectivity index (χ1) is 6.65. The third kappa shape index (κ3) is 5.19. The molecule has 0 aromatic heterocycles. The molecule has 0 amide bonds. The van der Waals surface area contributed by atoms with Crippen molar-refractivity contribution in [2.45, 2.75) is 39.2 Å². The van der Waals surface area contributed by atoms with Crippen LogP contribution in [0, 0.1) is 5.41 Å². The summed E-state index contributed by atoms with van der Waals surface area (Å²) in [6, 6.07) is 0.305. The zero-order chi connectivity index (χ0) is 11.0. The van der Waals surface area contributed by atoms with Crippen LogP contribution in [0.15, 0.2) is 0 Å². The number of nitrogens with zero attached hydrogens (tertiary/aromatic N) is 1. The summed E-state index contributed by atoms with van der Waals surface area (Å²) in [7, 11) is 0. The molecule has 14 heavy (non-hydrogen) atoms. The molecule has 0 bridgehead atoms. The Morgan fingerprint density at radius 2 is 2.07 bits per heavy atom. The SMILES string of the molecule is CCCN(CCO)C(CC)CC(=N)N. The highest BCUT2D eigenvalue weighted by molar-refractivity contribution is 5.77. The molecule has 4 heteroatoms. The van der Waals surface area contributed by atoms with E-state index in [-0.39, 0.29) is 12.4 Å². The van der Waals surface area contributed by atoms with Crippen molar-refractivity contribution >= 4 is 5.84 Å². The second kappa shape index (κ2) is 7.76.